The van der Waals surface area contributed by atoms with Crippen LogP contribution in [0.4, 0.5) is 0 Å². The molecule has 0 N–H and O–H groups in total. The zero-order valence-corrected chi connectivity index (χ0v) is 15.5. The lowest BCUT2D eigenvalue weighted by molar-refractivity contribution is 0.0901. The van der Waals surface area contributed by atoms with Crippen LogP contribution in [0.3, 0.4) is 0 Å². The van der Waals surface area contributed by atoms with Gasteiger partial charge in [0.05, 0.1) is 32.8 Å². The summed E-state index contributed by atoms with van der Waals surface area (Å²) in [5, 5.41) is 0. The van der Waals surface area contributed by atoms with E-state index in [-0.39, 0.29) is 11.7 Å². The fourth-order valence-electron chi connectivity index (χ4n) is 4.86. The number of benzene rings is 2. The number of carbonyl (C=O) groups is 1. The fourth-order valence-corrected chi connectivity index (χ4v) is 4.86. The number of carbonyl (C=O) groups excluding carboxylic acids is 1. The molecular weight excluding hydrogens is 328 g/mol. The van der Waals surface area contributed by atoms with E-state index in [4.69, 9.17) is 14.2 Å². The van der Waals surface area contributed by atoms with Crippen molar-refractivity contribution in [1.82, 2.24) is 0 Å². The molecule has 0 aromatic heterocycles. The molecule has 0 aliphatic heterocycles. The predicted molar refractivity (Wildman–Crippen MR) is 99.7 cm³/mol. The number of rotatable bonds is 4. The predicted octanol–water partition coefficient (Wildman–Crippen LogP) is 4.58. The highest BCUT2D eigenvalue weighted by Crippen LogP contribution is 2.56. The normalized spacial score (nSPS) is 24.0. The Morgan fingerprint density at radius 2 is 1.54 bits per heavy atom. The van der Waals surface area contributed by atoms with Gasteiger partial charge in [0.2, 0.25) is 0 Å². The smallest absolute Gasteiger partial charge is 0.174 e. The minimum atomic E-state index is -0.137. The summed E-state index contributed by atoms with van der Waals surface area (Å²) in [6.45, 7) is 0. The highest BCUT2D eigenvalue weighted by atomic mass is 16.5. The van der Waals surface area contributed by atoms with Crippen LogP contribution in [0.5, 0.6) is 17.2 Å². The molecule has 2 aliphatic rings. The van der Waals surface area contributed by atoms with E-state index in [2.05, 4.69) is 0 Å². The van der Waals surface area contributed by atoms with Crippen LogP contribution in [0.1, 0.15) is 52.6 Å². The summed E-state index contributed by atoms with van der Waals surface area (Å²) in [6.07, 6.45) is 3.28. The van der Waals surface area contributed by atoms with Gasteiger partial charge in [0.15, 0.2) is 5.78 Å². The second kappa shape index (κ2) is 6.67. The van der Waals surface area contributed by atoms with Crippen molar-refractivity contribution in [1.29, 1.82) is 0 Å². The Morgan fingerprint density at radius 1 is 0.846 bits per heavy atom. The van der Waals surface area contributed by atoms with E-state index in [1.165, 1.54) is 0 Å². The van der Waals surface area contributed by atoms with Gasteiger partial charge in [0.25, 0.3) is 0 Å². The molecule has 4 nitrogen and oxygen atoms in total. The maximum atomic E-state index is 13.6. The van der Waals surface area contributed by atoms with Gasteiger partial charge in [-0.05, 0) is 54.5 Å². The van der Waals surface area contributed by atoms with Crippen LogP contribution >= 0.6 is 0 Å². The highest BCUT2D eigenvalue weighted by Gasteiger charge is 2.47. The molecule has 26 heavy (non-hydrogen) atoms. The molecule has 1 saturated carbocycles. The third-order valence-electron chi connectivity index (χ3n) is 5.98. The van der Waals surface area contributed by atoms with Crippen LogP contribution < -0.4 is 14.2 Å². The van der Waals surface area contributed by atoms with Gasteiger partial charge in [-0.2, -0.15) is 0 Å². The first-order valence-corrected chi connectivity index (χ1v) is 9.12. The van der Waals surface area contributed by atoms with E-state index in [0.717, 1.165) is 41.9 Å². The van der Waals surface area contributed by atoms with E-state index in [9.17, 15) is 4.79 Å². The van der Waals surface area contributed by atoms with E-state index in [1.54, 1.807) is 21.3 Å². The Bertz CT molecular complexity index is 825. The number of hydrogen-bond donors (Lipinski definition) is 0. The molecule has 0 spiro atoms. The monoisotopic (exact) mass is 352 g/mol. The maximum Gasteiger partial charge on any atom is 0.174 e. The number of methoxy groups -OCH3 is 3. The number of Topliss-reactive ketones (excluding diaryl/α,β-unsaturated/α-hetero) is 1. The van der Waals surface area contributed by atoms with Gasteiger partial charge in [-0.1, -0.05) is 18.6 Å². The van der Waals surface area contributed by atoms with Crippen molar-refractivity contribution in [3.63, 3.8) is 0 Å². The third-order valence-corrected chi connectivity index (χ3v) is 5.98. The first kappa shape index (κ1) is 17.0. The van der Waals surface area contributed by atoms with Gasteiger partial charge < -0.3 is 14.2 Å². The summed E-state index contributed by atoms with van der Waals surface area (Å²) in [4.78, 5) is 13.6. The average molecular weight is 352 g/mol. The van der Waals surface area contributed by atoms with Crippen LogP contribution in [0.2, 0.25) is 0 Å². The Morgan fingerprint density at radius 3 is 2.19 bits per heavy atom. The largest absolute Gasteiger partial charge is 0.497 e. The van der Waals surface area contributed by atoms with E-state index >= 15 is 0 Å². The quantitative estimate of drug-likeness (QED) is 0.808. The van der Waals surface area contributed by atoms with Crippen molar-refractivity contribution in [2.75, 3.05) is 21.3 Å². The Labute approximate surface area is 154 Å². The van der Waals surface area contributed by atoms with Crippen molar-refractivity contribution in [3.05, 3.63) is 53.1 Å². The van der Waals surface area contributed by atoms with Crippen molar-refractivity contribution in [3.8, 4) is 17.2 Å². The molecular formula is C22H24O4. The topological polar surface area (TPSA) is 44.8 Å². The summed E-state index contributed by atoms with van der Waals surface area (Å²) in [5.41, 5.74) is 2.81. The fraction of sp³-hybridized carbons (Fsp3) is 0.409. The molecule has 0 saturated heterocycles. The summed E-state index contributed by atoms with van der Waals surface area (Å²) < 4.78 is 16.4. The summed E-state index contributed by atoms with van der Waals surface area (Å²) >= 11 is 0. The first-order valence-electron chi connectivity index (χ1n) is 9.12. The molecule has 2 aliphatic carbocycles. The minimum Gasteiger partial charge on any atom is -0.497 e. The maximum absolute atomic E-state index is 13.6. The molecule has 0 bridgehead atoms. The van der Waals surface area contributed by atoms with Gasteiger partial charge in [-0.15, -0.1) is 0 Å². The van der Waals surface area contributed by atoms with Crippen molar-refractivity contribution >= 4 is 5.78 Å². The number of hydrogen-bond acceptors (Lipinski definition) is 4. The molecule has 3 atom stereocenters. The summed E-state index contributed by atoms with van der Waals surface area (Å²) in [6, 6.07) is 11.7. The van der Waals surface area contributed by atoms with Gasteiger partial charge in [0, 0.05) is 5.56 Å². The van der Waals surface area contributed by atoms with E-state index < -0.39 is 0 Å². The number of ether oxygens (including phenoxy) is 3. The van der Waals surface area contributed by atoms with Crippen LogP contribution in [-0.2, 0) is 0 Å². The van der Waals surface area contributed by atoms with E-state index in [0.29, 0.717) is 23.1 Å². The number of fused-ring (bicyclic) bond motifs is 3. The van der Waals surface area contributed by atoms with Crippen molar-refractivity contribution < 1.29 is 19.0 Å². The standard InChI is InChI=1S/C22H24O4/c1-24-14-9-7-13(8-10-14)19-15-5-4-6-16(15)20-17(25-2)11-12-18(26-3)21(20)22(19)23/h7-12,15-16,19H,4-6H2,1-3H3. The van der Waals surface area contributed by atoms with Gasteiger partial charge in [0.1, 0.15) is 17.2 Å². The van der Waals surface area contributed by atoms with Crippen LogP contribution in [0.25, 0.3) is 0 Å². The Kier molecular flexibility index (Phi) is 4.35. The van der Waals surface area contributed by atoms with Crippen LogP contribution in [0.15, 0.2) is 36.4 Å². The molecule has 4 heteroatoms. The molecule has 0 amide bonds. The zero-order valence-electron chi connectivity index (χ0n) is 15.5. The number of ketones is 1. The second-order valence-corrected chi connectivity index (χ2v) is 7.08. The molecule has 136 valence electrons. The van der Waals surface area contributed by atoms with Crippen molar-refractivity contribution in [2.45, 2.75) is 31.1 Å². The SMILES string of the molecule is COc1ccc(C2C(=O)c3c(OC)ccc(OC)c3C3CCCC32)cc1. The second-order valence-electron chi connectivity index (χ2n) is 7.08. The van der Waals surface area contributed by atoms with Gasteiger partial charge in [-0.25, -0.2) is 0 Å². The van der Waals surface area contributed by atoms with E-state index in [1.807, 2.05) is 36.4 Å². The summed E-state index contributed by atoms with van der Waals surface area (Å²) in [5.74, 6) is 2.91. The molecule has 3 unspecified atom stereocenters. The Hall–Kier alpha value is -2.49. The average Bonchev–Trinajstić information content (AvgIpc) is 3.16. The third kappa shape index (κ3) is 2.47. The molecule has 0 radical (unpaired) electrons. The zero-order chi connectivity index (χ0) is 18.3. The molecule has 4 rings (SSSR count). The van der Waals surface area contributed by atoms with Crippen molar-refractivity contribution in [2.24, 2.45) is 5.92 Å². The first-order chi connectivity index (χ1) is 12.7. The molecule has 2 aromatic rings. The van der Waals surface area contributed by atoms with Crippen LogP contribution in [0, 0.1) is 5.92 Å². The summed E-state index contributed by atoms with van der Waals surface area (Å²) in [7, 11) is 4.95. The lowest BCUT2D eigenvalue weighted by Crippen LogP contribution is -2.31. The van der Waals surface area contributed by atoms with Gasteiger partial charge >= 0.3 is 0 Å². The van der Waals surface area contributed by atoms with Gasteiger partial charge in [-0.3, -0.25) is 4.79 Å². The molecule has 0 heterocycles. The lowest BCUT2D eigenvalue weighted by atomic mass is 9.67. The lowest BCUT2D eigenvalue weighted by Gasteiger charge is -2.36. The minimum absolute atomic E-state index is 0.137. The molecule has 2 aromatic carbocycles. The highest BCUT2D eigenvalue weighted by molar-refractivity contribution is 6.06. The Balaban J connectivity index is 1.88. The molecule has 1 fully saturated rings. The van der Waals surface area contributed by atoms with Crippen LogP contribution in [-0.4, -0.2) is 27.1 Å².